The molecule has 4 rings (SSSR count). The number of aliphatic hydroxyl groups excluding tert-OH is 1. The summed E-state index contributed by atoms with van der Waals surface area (Å²) in [6.07, 6.45) is -4.06. The van der Waals surface area contributed by atoms with Crippen molar-refractivity contribution in [1.29, 1.82) is 0 Å². The highest BCUT2D eigenvalue weighted by molar-refractivity contribution is 6.06. The minimum absolute atomic E-state index is 0.0382. The molecule has 0 spiro atoms. The first-order chi connectivity index (χ1) is 20.0. The van der Waals surface area contributed by atoms with Gasteiger partial charge in [0.25, 0.3) is 5.91 Å². The van der Waals surface area contributed by atoms with Gasteiger partial charge >= 0.3 is 6.18 Å². The van der Waals surface area contributed by atoms with Crippen LogP contribution in [-0.4, -0.2) is 29.2 Å². The van der Waals surface area contributed by atoms with Crippen molar-refractivity contribution in [2.45, 2.75) is 83.5 Å². The molecule has 0 bridgehead atoms. The fourth-order valence-corrected chi connectivity index (χ4v) is 4.92. The molecule has 232 valence electrons. The Labute approximate surface area is 248 Å². The van der Waals surface area contributed by atoms with Crippen LogP contribution in [0.4, 0.5) is 27.6 Å². The van der Waals surface area contributed by atoms with E-state index in [4.69, 9.17) is 4.74 Å². The third-order valence-electron chi connectivity index (χ3n) is 7.35. The van der Waals surface area contributed by atoms with Gasteiger partial charge in [-0.3, -0.25) is 4.79 Å². The Kier molecular flexibility index (Phi) is 9.51. The zero-order valence-electron chi connectivity index (χ0n) is 24.8. The predicted molar refractivity (Wildman–Crippen MR) is 156 cm³/mol. The van der Waals surface area contributed by atoms with Gasteiger partial charge in [-0.1, -0.05) is 6.92 Å². The van der Waals surface area contributed by atoms with Crippen molar-refractivity contribution < 1.29 is 36.6 Å². The van der Waals surface area contributed by atoms with E-state index < -0.39 is 41.3 Å². The number of halogens is 5. The van der Waals surface area contributed by atoms with Crippen molar-refractivity contribution in [1.82, 2.24) is 5.32 Å². The largest absolute Gasteiger partial charge is 0.456 e. The number of carbonyl (C=O) groups is 1. The summed E-state index contributed by atoms with van der Waals surface area (Å²) in [6.45, 7) is 9.52. The van der Waals surface area contributed by atoms with E-state index in [1.54, 1.807) is 13.8 Å². The molecule has 0 radical (unpaired) electrons. The van der Waals surface area contributed by atoms with Crippen LogP contribution in [0.25, 0.3) is 0 Å². The van der Waals surface area contributed by atoms with Crippen LogP contribution in [0.2, 0.25) is 0 Å². The maximum absolute atomic E-state index is 14.8. The fourth-order valence-electron chi connectivity index (χ4n) is 4.92. The number of hydrogen-bond donors (Lipinski definition) is 3. The molecule has 0 aliphatic heterocycles. The summed E-state index contributed by atoms with van der Waals surface area (Å²) in [4.78, 5) is 13.5. The van der Waals surface area contributed by atoms with Crippen molar-refractivity contribution in [2.24, 2.45) is 0 Å². The normalized spacial score (nSPS) is 15.2. The molecule has 10 heteroatoms. The average Bonchev–Trinajstić information content (AvgIpc) is 3.74. The number of amides is 1. The van der Waals surface area contributed by atoms with E-state index in [-0.39, 0.29) is 51.8 Å². The van der Waals surface area contributed by atoms with Crippen LogP contribution in [0, 0.1) is 18.6 Å². The number of aliphatic hydroxyl groups is 1. The molecule has 43 heavy (non-hydrogen) atoms. The fraction of sp³-hybridized carbons (Fsp3) is 0.424. The molecule has 1 aliphatic carbocycles. The Morgan fingerprint density at radius 1 is 1.02 bits per heavy atom. The smallest absolute Gasteiger partial charge is 0.416 e. The van der Waals surface area contributed by atoms with Gasteiger partial charge in [0.1, 0.15) is 23.1 Å². The van der Waals surface area contributed by atoms with Crippen LogP contribution < -0.4 is 15.4 Å². The van der Waals surface area contributed by atoms with Crippen LogP contribution >= 0.6 is 0 Å². The predicted octanol–water partition coefficient (Wildman–Crippen LogP) is 8.46. The van der Waals surface area contributed by atoms with Gasteiger partial charge in [0.05, 0.1) is 17.2 Å². The topological polar surface area (TPSA) is 70.6 Å². The lowest BCUT2D eigenvalue weighted by molar-refractivity contribution is -0.138. The summed E-state index contributed by atoms with van der Waals surface area (Å²) >= 11 is 0. The van der Waals surface area contributed by atoms with E-state index in [0.29, 0.717) is 24.9 Å². The van der Waals surface area contributed by atoms with E-state index in [0.717, 1.165) is 18.2 Å². The molecule has 0 aromatic heterocycles. The van der Waals surface area contributed by atoms with Crippen LogP contribution in [0.3, 0.4) is 0 Å². The van der Waals surface area contributed by atoms with E-state index in [1.165, 1.54) is 30.3 Å². The van der Waals surface area contributed by atoms with Gasteiger partial charge in [-0.25, -0.2) is 8.78 Å². The quantitative estimate of drug-likeness (QED) is 0.203. The average molecular weight is 605 g/mol. The second kappa shape index (κ2) is 12.6. The van der Waals surface area contributed by atoms with E-state index >= 15 is 0 Å². The number of carbonyl (C=O) groups excluding carboxylic acids is 1. The van der Waals surface area contributed by atoms with Gasteiger partial charge in [-0.15, -0.1) is 0 Å². The Morgan fingerprint density at radius 2 is 1.72 bits per heavy atom. The second-order valence-corrected chi connectivity index (χ2v) is 12.3. The highest BCUT2D eigenvalue weighted by atomic mass is 19.4. The van der Waals surface area contributed by atoms with Crippen LogP contribution in [-0.2, 0) is 6.18 Å². The van der Waals surface area contributed by atoms with Crippen molar-refractivity contribution >= 4 is 11.6 Å². The minimum Gasteiger partial charge on any atom is -0.456 e. The molecular weight excluding hydrogens is 567 g/mol. The summed E-state index contributed by atoms with van der Waals surface area (Å²) in [5, 5.41) is 16.2. The lowest BCUT2D eigenvalue weighted by atomic mass is 9.93. The minimum atomic E-state index is -4.71. The molecule has 1 saturated carbocycles. The first kappa shape index (κ1) is 32.4. The number of benzene rings is 3. The van der Waals surface area contributed by atoms with Gasteiger partial charge in [-0.2, -0.15) is 13.2 Å². The zero-order valence-corrected chi connectivity index (χ0v) is 24.8. The summed E-state index contributed by atoms with van der Waals surface area (Å²) in [6, 6.07) is 9.64. The van der Waals surface area contributed by atoms with Crippen molar-refractivity contribution in [3.05, 3.63) is 88.0 Å². The third-order valence-corrected chi connectivity index (χ3v) is 7.35. The van der Waals surface area contributed by atoms with Gasteiger partial charge in [0, 0.05) is 17.8 Å². The van der Waals surface area contributed by atoms with Crippen molar-refractivity contribution in [3.8, 4) is 11.5 Å². The molecule has 3 aromatic rings. The SMILES string of the molecule is Cc1cc(F)ccc1Oc1cc(C2CC2)c(C(F)(F)F)cc1C(=O)Nc1ccc(F)c(C(C)CC(O)CNC(C)(C)C)c1. The molecule has 0 heterocycles. The number of aryl methyl sites for hydroxylation is 1. The first-order valence-electron chi connectivity index (χ1n) is 14.2. The van der Waals surface area contributed by atoms with Gasteiger partial charge in [0.2, 0.25) is 0 Å². The number of anilines is 1. The van der Waals surface area contributed by atoms with E-state index in [2.05, 4.69) is 10.6 Å². The Balaban J connectivity index is 1.64. The van der Waals surface area contributed by atoms with E-state index in [1.807, 2.05) is 20.8 Å². The molecule has 0 saturated heterocycles. The summed E-state index contributed by atoms with van der Waals surface area (Å²) in [5.41, 5.74) is -0.656. The Bertz CT molecular complexity index is 1480. The van der Waals surface area contributed by atoms with Crippen molar-refractivity contribution in [2.75, 3.05) is 11.9 Å². The lowest BCUT2D eigenvalue weighted by Crippen LogP contribution is -2.41. The van der Waals surface area contributed by atoms with Gasteiger partial charge < -0.3 is 20.5 Å². The standard InChI is InChI=1S/C33H37F5N2O3/c1-18(13-23(41)17-39-32(3,4)5)24-14-22(9-10-28(24)35)40-31(42)26-15-27(33(36,37)38)25(20-6-7-20)16-30(26)43-29-11-8-21(34)12-19(29)2/h8-12,14-16,18,20,23,39,41H,6-7,13,17H2,1-5H3,(H,40,42). The van der Waals surface area contributed by atoms with Crippen LogP contribution in [0.1, 0.15) is 91.4 Å². The molecule has 5 nitrogen and oxygen atoms in total. The molecule has 3 aromatic carbocycles. The number of β-amino-alcohol motifs (C(OH)–C–C–N with tert-alkyl or cyclic N) is 1. The lowest BCUT2D eigenvalue weighted by Gasteiger charge is -2.24. The molecule has 2 atom stereocenters. The highest BCUT2D eigenvalue weighted by Crippen LogP contribution is 2.48. The summed E-state index contributed by atoms with van der Waals surface area (Å²) < 4.78 is 76.7. The maximum Gasteiger partial charge on any atom is 0.416 e. The zero-order chi connectivity index (χ0) is 31.7. The van der Waals surface area contributed by atoms with Gasteiger partial charge in [-0.05, 0) is 124 Å². The first-order valence-corrected chi connectivity index (χ1v) is 14.2. The Hall–Kier alpha value is -3.50. The molecule has 1 fully saturated rings. The van der Waals surface area contributed by atoms with Crippen LogP contribution in [0.15, 0.2) is 48.5 Å². The number of nitrogens with one attached hydrogen (secondary N) is 2. The summed E-state index contributed by atoms with van der Waals surface area (Å²) in [7, 11) is 0. The van der Waals surface area contributed by atoms with Crippen LogP contribution in [0.5, 0.6) is 11.5 Å². The molecule has 2 unspecified atom stereocenters. The molecule has 1 aliphatic rings. The van der Waals surface area contributed by atoms with E-state index in [9.17, 15) is 31.9 Å². The van der Waals surface area contributed by atoms with Gasteiger partial charge in [0.15, 0.2) is 0 Å². The van der Waals surface area contributed by atoms with Crippen molar-refractivity contribution in [3.63, 3.8) is 0 Å². The maximum atomic E-state index is 14.8. The summed E-state index contributed by atoms with van der Waals surface area (Å²) in [5.74, 6) is -2.58. The number of hydrogen-bond acceptors (Lipinski definition) is 4. The number of ether oxygens (including phenoxy) is 1. The molecular formula is C33H37F5N2O3. The number of rotatable bonds is 10. The molecule has 3 N–H and O–H groups in total. The second-order valence-electron chi connectivity index (χ2n) is 12.3. The monoisotopic (exact) mass is 604 g/mol. The number of alkyl halides is 3. The highest BCUT2D eigenvalue weighted by Gasteiger charge is 2.40. The molecule has 1 amide bonds. The Morgan fingerprint density at radius 3 is 2.33 bits per heavy atom. The third kappa shape index (κ3) is 8.54.